The summed E-state index contributed by atoms with van der Waals surface area (Å²) in [6.07, 6.45) is 5.68. The molecule has 6 heteroatoms. The highest BCUT2D eigenvalue weighted by Crippen LogP contribution is 2.27. The van der Waals surface area contributed by atoms with Gasteiger partial charge < -0.3 is 0 Å². The quantitative estimate of drug-likeness (QED) is 0.412. The minimum Gasteiger partial charge on any atom is -0.299 e. The van der Waals surface area contributed by atoms with Crippen molar-refractivity contribution in [1.82, 2.24) is 19.2 Å². The molecule has 0 unspecified atom stereocenters. The molecule has 5 aromatic rings. The maximum absolute atomic E-state index is 9.02. The zero-order valence-corrected chi connectivity index (χ0v) is 16.0. The Kier molecular flexibility index (Phi) is 4.12. The number of halogens is 1. The summed E-state index contributed by atoms with van der Waals surface area (Å²) in [4.78, 5) is 4.51. The monoisotopic (exact) mass is 395 g/mol. The summed E-state index contributed by atoms with van der Waals surface area (Å²) >= 11 is 6.02. The molecule has 0 N–H and O–H groups in total. The largest absolute Gasteiger partial charge is 0.299 e. The van der Waals surface area contributed by atoms with Crippen LogP contribution in [0.1, 0.15) is 5.56 Å². The summed E-state index contributed by atoms with van der Waals surface area (Å²) in [6, 6.07) is 23.2. The Morgan fingerprint density at radius 2 is 1.59 bits per heavy atom. The van der Waals surface area contributed by atoms with Crippen LogP contribution < -0.4 is 0 Å². The number of hydrogen-bond acceptors (Lipinski definition) is 3. The second kappa shape index (κ2) is 6.93. The lowest BCUT2D eigenvalue weighted by atomic mass is 10.1. The molecule has 5 rings (SSSR count). The molecule has 0 aliphatic rings. The van der Waals surface area contributed by atoms with Gasteiger partial charge in [0, 0.05) is 22.3 Å². The number of nitriles is 1. The van der Waals surface area contributed by atoms with Gasteiger partial charge in [-0.1, -0.05) is 23.7 Å². The molecule has 0 saturated carbocycles. The molecule has 0 saturated heterocycles. The van der Waals surface area contributed by atoms with E-state index in [2.05, 4.69) is 26.7 Å². The average molecular weight is 396 g/mol. The molecule has 138 valence electrons. The second-order valence-corrected chi connectivity index (χ2v) is 7.02. The van der Waals surface area contributed by atoms with Crippen LogP contribution in [0.4, 0.5) is 0 Å². The smallest absolute Gasteiger partial charge is 0.137 e. The van der Waals surface area contributed by atoms with Crippen molar-refractivity contribution in [2.24, 2.45) is 0 Å². The van der Waals surface area contributed by atoms with E-state index in [1.807, 2.05) is 77.6 Å². The molecule has 3 heterocycles. The summed E-state index contributed by atoms with van der Waals surface area (Å²) in [5.74, 6) is 0. The number of imidazole rings is 1. The predicted molar refractivity (Wildman–Crippen MR) is 113 cm³/mol. The third-order valence-corrected chi connectivity index (χ3v) is 5.08. The summed E-state index contributed by atoms with van der Waals surface area (Å²) in [6.45, 7) is 0. The van der Waals surface area contributed by atoms with Crippen molar-refractivity contribution in [3.8, 4) is 34.3 Å². The Labute approximate surface area is 172 Å². The second-order valence-electron chi connectivity index (χ2n) is 6.58. The van der Waals surface area contributed by atoms with Crippen LogP contribution in [0.15, 0.2) is 85.3 Å². The molecule has 0 aliphatic heterocycles. The summed E-state index contributed by atoms with van der Waals surface area (Å²) in [5.41, 5.74) is 6.36. The predicted octanol–water partition coefficient (Wildman–Crippen LogP) is 5.38. The zero-order chi connectivity index (χ0) is 19.8. The number of hydrogen-bond donors (Lipinski definition) is 0. The SMILES string of the molecule is N#Cc1ccc(-c2cnc3ccc(-c4ccnn4-c4ccc(Cl)cc4)cn23)cc1. The number of nitrogens with zero attached hydrogens (tertiary/aromatic N) is 5. The van der Waals surface area contributed by atoms with Gasteiger partial charge in [-0.15, -0.1) is 0 Å². The van der Waals surface area contributed by atoms with Gasteiger partial charge in [-0.3, -0.25) is 4.40 Å². The lowest BCUT2D eigenvalue weighted by Gasteiger charge is -2.09. The Bertz CT molecular complexity index is 1360. The van der Waals surface area contributed by atoms with Crippen molar-refractivity contribution in [3.05, 3.63) is 95.9 Å². The molecule has 5 nitrogen and oxygen atoms in total. The highest BCUT2D eigenvalue weighted by Gasteiger charge is 2.11. The Morgan fingerprint density at radius 1 is 0.828 bits per heavy atom. The normalized spacial score (nSPS) is 10.9. The van der Waals surface area contributed by atoms with Gasteiger partial charge in [0.25, 0.3) is 0 Å². The fourth-order valence-corrected chi connectivity index (χ4v) is 3.50. The van der Waals surface area contributed by atoms with Crippen molar-refractivity contribution in [2.45, 2.75) is 0 Å². The average Bonchev–Trinajstić information content (AvgIpc) is 3.41. The van der Waals surface area contributed by atoms with E-state index in [9.17, 15) is 0 Å². The number of fused-ring (bicyclic) bond motifs is 1. The first-order chi connectivity index (χ1) is 14.2. The first-order valence-corrected chi connectivity index (χ1v) is 9.39. The third-order valence-electron chi connectivity index (χ3n) is 4.83. The van der Waals surface area contributed by atoms with E-state index in [4.69, 9.17) is 16.9 Å². The molecule has 0 spiro atoms. The standard InChI is InChI=1S/C23H14ClN5/c24-19-6-8-20(9-7-19)29-21(11-12-27-29)18-5-10-23-26-14-22(28(23)15-18)17-3-1-16(13-25)2-4-17/h1-12,14-15H. The maximum atomic E-state index is 9.02. The van der Waals surface area contributed by atoms with Crippen LogP contribution in [-0.2, 0) is 0 Å². The fraction of sp³-hybridized carbons (Fsp3) is 0. The summed E-state index contributed by atoms with van der Waals surface area (Å²) < 4.78 is 3.94. The van der Waals surface area contributed by atoms with Crippen molar-refractivity contribution < 1.29 is 0 Å². The van der Waals surface area contributed by atoms with E-state index < -0.39 is 0 Å². The molecule has 2 aromatic carbocycles. The van der Waals surface area contributed by atoms with Gasteiger partial charge in [-0.25, -0.2) is 9.67 Å². The minimum atomic E-state index is 0.634. The molecule has 0 atom stereocenters. The zero-order valence-electron chi connectivity index (χ0n) is 15.2. The van der Waals surface area contributed by atoms with Crippen LogP contribution in [0.25, 0.3) is 33.8 Å². The Balaban J connectivity index is 1.62. The first-order valence-electron chi connectivity index (χ1n) is 9.01. The molecule has 0 bridgehead atoms. The number of benzene rings is 2. The topological polar surface area (TPSA) is 58.9 Å². The number of rotatable bonds is 3. The van der Waals surface area contributed by atoms with Crippen LogP contribution in [-0.4, -0.2) is 19.2 Å². The van der Waals surface area contributed by atoms with Crippen LogP contribution >= 0.6 is 11.6 Å². The van der Waals surface area contributed by atoms with E-state index in [-0.39, 0.29) is 0 Å². The van der Waals surface area contributed by atoms with E-state index in [0.717, 1.165) is 33.8 Å². The van der Waals surface area contributed by atoms with Gasteiger partial charge >= 0.3 is 0 Å². The summed E-state index contributed by atoms with van der Waals surface area (Å²) in [5, 5.41) is 14.2. The van der Waals surface area contributed by atoms with Crippen molar-refractivity contribution in [3.63, 3.8) is 0 Å². The van der Waals surface area contributed by atoms with Crippen LogP contribution in [0.5, 0.6) is 0 Å². The molecular weight excluding hydrogens is 382 g/mol. The third kappa shape index (κ3) is 3.06. The Hall–Kier alpha value is -3.88. The molecule has 0 aliphatic carbocycles. The van der Waals surface area contributed by atoms with Crippen molar-refractivity contribution >= 4 is 17.2 Å². The van der Waals surface area contributed by atoms with E-state index in [0.29, 0.717) is 10.6 Å². The van der Waals surface area contributed by atoms with Crippen LogP contribution in [0.2, 0.25) is 5.02 Å². The van der Waals surface area contributed by atoms with Gasteiger partial charge in [0.15, 0.2) is 0 Å². The van der Waals surface area contributed by atoms with Gasteiger partial charge in [0.2, 0.25) is 0 Å². The van der Waals surface area contributed by atoms with Crippen molar-refractivity contribution in [2.75, 3.05) is 0 Å². The number of aromatic nitrogens is 4. The first kappa shape index (κ1) is 17.2. The Morgan fingerprint density at radius 3 is 2.34 bits per heavy atom. The maximum Gasteiger partial charge on any atom is 0.137 e. The van der Waals surface area contributed by atoms with Crippen LogP contribution in [0, 0.1) is 11.3 Å². The number of pyridine rings is 1. The molecular formula is C23H14ClN5. The highest BCUT2D eigenvalue weighted by molar-refractivity contribution is 6.30. The minimum absolute atomic E-state index is 0.634. The highest BCUT2D eigenvalue weighted by atomic mass is 35.5. The van der Waals surface area contributed by atoms with Crippen LogP contribution in [0.3, 0.4) is 0 Å². The molecule has 0 radical (unpaired) electrons. The van der Waals surface area contributed by atoms with Crippen molar-refractivity contribution in [1.29, 1.82) is 5.26 Å². The molecule has 0 fully saturated rings. The molecule has 3 aromatic heterocycles. The lowest BCUT2D eigenvalue weighted by molar-refractivity contribution is 0.887. The molecule has 29 heavy (non-hydrogen) atoms. The van der Waals surface area contributed by atoms with E-state index in [1.165, 1.54) is 0 Å². The molecule has 0 amide bonds. The lowest BCUT2D eigenvalue weighted by Crippen LogP contribution is -1.99. The summed E-state index contributed by atoms with van der Waals surface area (Å²) in [7, 11) is 0. The van der Waals surface area contributed by atoms with Gasteiger partial charge in [-0.05, 0) is 54.6 Å². The van der Waals surface area contributed by atoms with Gasteiger partial charge in [0.1, 0.15) is 5.65 Å². The van der Waals surface area contributed by atoms with E-state index in [1.54, 1.807) is 6.20 Å². The fourth-order valence-electron chi connectivity index (χ4n) is 3.37. The van der Waals surface area contributed by atoms with Gasteiger partial charge in [0.05, 0.1) is 41.1 Å². The van der Waals surface area contributed by atoms with E-state index >= 15 is 0 Å². The van der Waals surface area contributed by atoms with Gasteiger partial charge in [-0.2, -0.15) is 10.4 Å².